The van der Waals surface area contributed by atoms with E-state index in [2.05, 4.69) is 16.0 Å². The second-order valence-electron chi connectivity index (χ2n) is 7.41. The van der Waals surface area contributed by atoms with Crippen LogP contribution in [0.2, 0.25) is 0 Å². The Labute approximate surface area is 187 Å². The SMILES string of the molecule is CCC(NC(=O)Cc1ccc(NC(=O)Nc2ccccc2C)c(OC)c1)N(C)CC(=O)O. The number of benzene rings is 2. The number of ether oxygens (including phenoxy) is 1. The number of aliphatic carboxylic acids is 1. The average molecular weight is 443 g/mol. The van der Waals surface area contributed by atoms with Crippen molar-refractivity contribution in [2.75, 3.05) is 31.3 Å². The number of carboxylic acids is 1. The van der Waals surface area contributed by atoms with Gasteiger partial charge in [0.1, 0.15) is 5.75 Å². The normalized spacial score (nSPS) is 11.5. The van der Waals surface area contributed by atoms with Gasteiger partial charge < -0.3 is 25.8 Å². The van der Waals surface area contributed by atoms with Crippen LogP contribution < -0.4 is 20.7 Å². The Morgan fingerprint density at radius 2 is 1.78 bits per heavy atom. The number of hydrogen-bond donors (Lipinski definition) is 4. The van der Waals surface area contributed by atoms with E-state index in [1.807, 2.05) is 38.1 Å². The molecule has 9 heteroatoms. The third kappa shape index (κ3) is 7.28. The fraction of sp³-hybridized carbons (Fsp3) is 0.348. The molecule has 4 N–H and O–H groups in total. The molecule has 9 nitrogen and oxygen atoms in total. The molecule has 0 bridgehead atoms. The third-order valence-electron chi connectivity index (χ3n) is 4.90. The lowest BCUT2D eigenvalue weighted by Crippen LogP contribution is -2.48. The summed E-state index contributed by atoms with van der Waals surface area (Å²) in [5, 5.41) is 17.3. The van der Waals surface area contributed by atoms with Crippen LogP contribution in [0.15, 0.2) is 42.5 Å². The second-order valence-corrected chi connectivity index (χ2v) is 7.41. The third-order valence-corrected chi connectivity index (χ3v) is 4.90. The molecule has 0 aromatic heterocycles. The maximum atomic E-state index is 12.5. The molecule has 0 aliphatic carbocycles. The lowest BCUT2D eigenvalue weighted by molar-refractivity contribution is -0.139. The van der Waals surface area contributed by atoms with Crippen LogP contribution in [0, 0.1) is 6.92 Å². The molecule has 1 atom stereocenters. The zero-order valence-corrected chi connectivity index (χ0v) is 18.8. The number of rotatable bonds is 10. The number of anilines is 2. The van der Waals surface area contributed by atoms with Crippen LogP contribution in [0.3, 0.4) is 0 Å². The van der Waals surface area contributed by atoms with Crippen molar-refractivity contribution in [3.8, 4) is 5.75 Å². The van der Waals surface area contributed by atoms with Crippen molar-refractivity contribution in [1.29, 1.82) is 0 Å². The monoisotopic (exact) mass is 442 g/mol. The number of aryl methyl sites for hydroxylation is 1. The van der Waals surface area contributed by atoms with Gasteiger partial charge in [-0.2, -0.15) is 0 Å². The van der Waals surface area contributed by atoms with Crippen LogP contribution in [0.25, 0.3) is 0 Å². The number of methoxy groups -OCH3 is 1. The van der Waals surface area contributed by atoms with Crippen molar-refractivity contribution in [2.24, 2.45) is 0 Å². The molecule has 2 aromatic rings. The Morgan fingerprint density at radius 3 is 2.41 bits per heavy atom. The number of nitrogens with zero attached hydrogens (tertiary/aromatic N) is 1. The Balaban J connectivity index is 2.01. The summed E-state index contributed by atoms with van der Waals surface area (Å²) in [6.07, 6.45) is 0.271. The topological polar surface area (TPSA) is 120 Å². The first-order valence-corrected chi connectivity index (χ1v) is 10.3. The van der Waals surface area contributed by atoms with Gasteiger partial charge in [-0.1, -0.05) is 31.2 Å². The van der Waals surface area contributed by atoms with Crippen LogP contribution >= 0.6 is 0 Å². The maximum Gasteiger partial charge on any atom is 0.323 e. The van der Waals surface area contributed by atoms with Gasteiger partial charge >= 0.3 is 12.0 Å². The molecule has 0 heterocycles. The van der Waals surface area contributed by atoms with E-state index in [4.69, 9.17) is 9.84 Å². The fourth-order valence-corrected chi connectivity index (χ4v) is 3.21. The van der Waals surface area contributed by atoms with Gasteiger partial charge in [0.25, 0.3) is 0 Å². The minimum atomic E-state index is -0.959. The minimum absolute atomic E-state index is 0.0868. The van der Waals surface area contributed by atoms with E-state index in [1.54, 1.807) is 30.1 Å². The van der Waals surface area contributed by atoms with Crippen molar-refractivity contribution in [3.63, 3.8) is 0 Å². The van der Waals surface area contributed by atoms with Gasteiger partial charge in [-0.25, -0.2) is 4.79 Å². The summed E-state index contributed by atoms with van der Waals surface area (Å²) in [6, 6.07) is 12.1. The quantitative estimate of drug-likeness (QED) is 0.420. The molecule has 3 amide bonds. The van der Waals surface area contributed by atoms with Crippen LogP contribution in [-0.4, -0.2) is 54.8 Å². The average Bonchev–Trinajstić information content (AvgIpc) is 2.74. The van der Waals surface area contributed by atoms with Gasteiger partial charge in [0.2, 0.25) is 5.91 Å². The number of nitrogens with one attached hydrogen (secondary N) is 3. The predicted octanol–water partition coefficient (Wildman–Crippen LogP) is 3.06. The molecule has 0 fully saturated rings. The summed E-state index contributed by atoms with van der Waals surface area (Å²) in [7, 11) is 3.13. The first-order chi connectivity index (χ1) is 15.2. The molecular weight excluding hydrogens is 412 g/mol. The number of amides is 3. The molecule has 0 aliphatic heterocycles. The van der Waals surface area contributed by atoms with E-state index in [-0.39, 0.29) is 25.0 Å². The Kier molecular flexibility index (Phi) is 9.03. The summed E-state index contributed by atoms with van der Waals surface area (Å²) in [6.45, 7) is 3.60. The standard InChI is InChI=1S/C23H30N4O5/c1-5-20(27(3)14-22(29)30)26-21(28)13-16-10-11-18(19(12-16)32-4)25-23(31)24-17-9-7-6-8-15(17)2/h6-12,20H,5,13-14H2,1-4H3,(H,26,28)(H,29,30)(H2,24,25,31). The van der Waals surface area contributed by atoms with Gasteiger partial charge in [0.05, 0.1) is 31.9 Å². The fourth-order valence-electron chi connectivity index (χ4n) is 3.21. The van der Waals surface area contributed by atoms with Crippen molar-refractivity contribution >= 4 is 29.3 Å². The number of carbonyl (C=O) groups excluding carboxylic acids is 2. The van der Waals surface area contributed by atoms with Gasteiger partial charge in [0, 0.05) is 5.69 Å². The largest absolute Gasteiger partial charge is 0.495 e. The Morgan fingerprint density at radius 1 is 1.09 bits per heavy atom. The van der Waals surface area contributed by atoms with Crippen LogP contribution in [0.1, 0.15) is 24.5 Å². The molecule has 2 aromatic carbocycles. The molecule has 0 saturated carbocycles. The lowest BCUT2D eigenvalue weighted by Gasteiger charge is -2.26. The van der Waals surface area contributed by atoms with Crippen molar-refractivity contribution in [3.05, 3.63) is 53.6 Å². The number of hydrogen-bond acceptors (Lipinski definition) is 5. The van der Waals surface area contributed by atoms with Gasteiger partial charge in [-0.15, -0.1) is 0 Å². The zero-order valence-electron chi connectivity index (χ0n) is 18.8. The van der Waals surface area contributed by atoms with E-state index >= 15 is 0 Å². The van der Waals surface area contributed by atoms with Gasteiger partial charge in [0.15, 0.2) is 0 Å². The highest BCUT2D eigenvalue weighted by atomic mass is 16.5. The number of urea groups is 1. The number of carboxylic acid groups (broad SMARTS) is 1. The molecule has 1 unspecified atom stereocenters. The van der Waals surface area contributed by atoms with E-state index in [0.29, 0.717) is 29.1 Å². The minimum Gasteiger partial charge on any atom is -0.495 e. The maximum absolute atomic E-state index is 12.5. The van der Waals surface area contributed by atoms with E-state index < -0.39 is 12.0 Å². The van der Waals surface area contributed by atoms with Crippen molar-refractivity contribution in [2.45, 2.75) is 32.9 Å². The highest BCUT2D eigenvalue weighted by molar-refractivity contribution is 6.01. The van der Waals surface area contributed by atoms with Crippen molar-refractivity contribution in [1.82, 2.24) is 10.2 Å². The number of likely N-dealkylation sites (N-methyl/N-ethyl adjacent to an activating group) is 1. The summed E-state index contributed by atoms with van der Waals surface area (Å²) in [4.78, 5) is 37.3. The molecule has 0 aliphatic rings. The molecule has 0 spiro atoms. The lowest BCUT2D eigenvalue weighted by atomic mass is 10.1. The van der Waals surface area contributed by atoms with Crippen LogP contribution in [-0.2, 0) is 16.0 Å². The summed E-state index contributed by atoms with van der Waals surface area (Å²) in [5.74, 6) is -0.779. The summed E-state index contributed by atoms with van der Waals surface area (Å²) in [5.41, 5.74) is 2.81. The van der Waals surface area contributed by atoms with E-state index in [0.717, 1.165) is 5.56 Å². The number of para-hydroxylation sites is 1. The molecular formula is C23H30N4O5. The van der Waals surface area contributed by atoms with E-state index in [1.165, 1.54) is 7.11 Å². The molecule has 172 valence electrons. The second kappa shape index (κ2) is 11.7. The van der Waals surface area contributed by atoms with E-state index in [9.17, 15) is 14.4 Å². The van der Waals surface area contributed by atoms with Crippen LogP contribution in [0.4, 0.5) is 16.2 Å². The highest BCUT2D eigenvalue weighted by Gasteiger charge is 2.18. The summed E-state index contributed by atoms with van der Waals surface area (Å²) < 4.78 is 5.38. The molecule has 32 heavy (non-hydrogen) atoms. The Hall–Kier alpha value is -3.59. The number of carbonyl (C=O) groups is 3. The first-order valence-electron chi connectivity index (χ1n) is 10.3. The zero-order chi connectivity index (χ0) is 23.7. The molecule has 2 rings (SSSR count). The van der Waals surface area contributed by atoms with Gasteiger partial charge in [-0.3, -0.25) is 14.5 Å². The Bertz CT molecular complexity index is 963. The van der Waals surface area contributed by atoms with Crippen molar-refractivity contribution < 1.29 is 24.2 Å². The van der Waals surface area contributed by atoms with Gasteiger partial charge in [-0.05, 0) is 49.7 Å². The predicted molar refractivity (Wildman–Crippen MR) is 123 cm³/mol. The molecule has 0 radical (unpaired) electrons. The summed E-state index contributed by atoms with van der Waals surface area (Å²) >= 11 is 0. The highest BCUT2D eigenvalue weighted by Crippen LogP contribution is 2.26. The first kappa shape index (κ1) is 24.7. The molecule has 0 saturated heterocycles. The smallest absolute Gasteiger partial charge is 0.323 e. The van der Waals surface area contributed by atoms with Crippen LogP contribution in [0.5, 0.6) is 5.75 Å².